The van der Waals surface area contributed by atoms with Gasteiger partial charge in [-0.1, -0.05) is 31.7 Å². The van der Waals surface area contributed by atoms with Crippen LogP contribution in [-0.4, -0.2) is 53.1 Å². The average Bonchev–Trinajstić information content (AvgIpc) is 2.65. The first kappa shape index (κ1) is 24.8. The van der Waals surface area contributed by atoms with E-state index in [1.807, 2.05) is 13.8 Å². The summed E-state index contributed by atoms with van der Waals surface area (Å²) in [5.74, 6) is 0.252. The standard InChI is InChI=1S/C19H25FN6O3S2/c1-12(2)8-15(11-27)22-17-23-18(26-31(3,28)29)25-19(24-17)30-7-6-13-4-5-14(10-21)16(20)9-13/h4-5,9,12,15,27H,6-8,11H2,1-3H3,(H2,22,23,24,25,26)/t15-/m1/s1. The summed E-state index contributed by atoms with van der Waals surface area (Å²) in [5, 5.41) is 21.7. The number of anilines is 2. The van der Waals surface area contributed by atoms with Crippen molar-refractivity contribution in [3.8, 4) is 6.07 Å². The number of nitrogens with zero attached hydrogens (tertiary/aromatic N) is 4. The van der Waals surface area contributed by atoms with Gasteiger partial charge in [-0.15, -0.1) is 0 Å². The van der Waals surface area contributed by atoms with Crippen LogP contribution < -0.4 is 10.0 Å². The average molecular weight is 469 g/mol. The lowest BCUT2D eigenvalue weighted by Gasteiger charge is -2.18. The summed E-state index contributed by atoms with van der Waals surface area (Å²) in [7, 11) is -3.60. The van der Waals surface area contributed by atoms with Crippen molar-refractivity contribution in [1.82, 2.24) is 15.0 Å². The van der Waals surface area contributed by atoms with Crippen LogP contribution in [0.3, 0.4) is 0 Å². The van der Waals surface area contributed by atoms with E-state index >= 15 is 0 Å². The molecule has 31 heavy (non-hydrogen) atoms. The maximum absolute atomic E-state index is 13.8. The first-order valence-electron chi connectivity index (χ1n) is 9.52. The highest BCUT2D eigenvalue weighted by Crippen LogP contribution is 2.20. The maximum Gasteiger partial charge on any atom is 0.242 e. The van der Waals surface area contributed by atoms with Gasteiger partial charge in [0.25, 0.3) is 0 Å². The normalized spacial score (nSPS) is 12.4. The molecule has 0 fully saturated rings. The van der Waals surface area contributed by atoms with Crippen molar-refractivity contribution in [3.63, 3.8) is 0 Å². The molecule has 9 nitrogen and oxygen atoms in total. The van der Waals surface area contributed by atoms with Crippen molar-refractivity contribution in [2.75, 3.05) is 28.7 Å². The summed E-state index contributed by atoms with van der Waals surface area (Å²) >= 11 is 1.25. The summed E-state index contributed by atoms with van der Waals surface area (Å²) in [6.07, 6.45) is 2.15. The summed E-state index contributed by atoms with van der Waals surface area (Å²) in [4.78, 5) is 12.5. The van der Waals surface area contributed by atoms with Crippen molar-refractivity contribution in [1.29, 1.82) is 5.26 Å². The van der Waals surface area contributed by atoms with E-state index in [2.05, 4.69) is 25.0 Å². The number of hydrogen-bond donors (Lipinski definition) is 3. The van der Waals surface area contributed by atoms with Crippen LogP contribution in [0.2, 0.25) is 0 Å². The van der Waals surface area contributed by atoms with Crippen molar-refractivity contribution < 1.29 is 17.9 Å². The van der Waals surface area contributed by atoms with Crippen LogP contribution in [-0.2, 0) is 16.4 Å². The Morgan fingerprint density at radius 2 is 1.97 bits per heavy atom. The second kappa shape index (κ2) is 11.2. The highest BCUT2D eigenvalue weighted by molar-refractivity contribution is 7.99. The summed E-state index contributed by atoms with van der Waals surface area (Å²) in [6, 6.07) is 5.90. The molecule has 1 aromatic carbocycles. The number of hydrogen-bond acceptors (Lipinski definition) is 9. The number of benzene rings is 1. The van der Waals surface area contributed by atoms with Crippen LogP contribution in [0.15, 0.2) is 23.4 Å². The van der Waals surface area contributed by atoms with Gasteiger partial charge in [0, 0.05) is 5.75 Å². The molecular weight excluding hydrogens is 443 g/mol. The quantitative estimate of drug-likeness (QED) is 0.424. The number of thioether (sulfide) groups is 1. The van der Waals surface area contributed by atoms with Gasteiger partial charge in [0.05, 0.1) is 24.5 Å². The zero-order chi connectivity index (χ0) is 23.0. The van der Waals surface area contributed by atoms with Crippen LogP contribution in [0.1, 0.15) is 31.4 Å². The Morgan fingerprint density at radius 1 is 1.26 bits per heavy atom. The minimum Gasteiger partial charge on any atom is -0.394 e. The molecule has 0 aliphatic heterocycles. The Bertz CT molecular complexity index is 1040. The molecule has 168 valence electrons. The van der Waals surface area contributed by atoms with E-state index in [1.165, 1.54) is 23.9 Å². The van der Waals surface area contributed by atoms with Crippen LogP contribution in [0.25, 0.3) is 0 Å². The Balaban J connectivity index is 2.15. The van der Waals surface area contributed by atoms with Gasteiger partial charge in [0.15, 0.2) is 5.16 Å². The minimum absolute atomic E-state index is 0.0130. The second-order valence-electron chi connectivity index (χ2n) is 7.32. The minimum atomic E-state index is -3.60. The van der Waals surface area contributed by atoms with Gasteiger partial charge < -0.3 is 10.4 Å². The molecule has 0 amide bonds. The molecule has 0 spiro atoms. The lowest BCUT2D eigenvalue weighted by molar-refractivity contribution is 0.259. The number of aliphatic hydroxyl groups is 1. The van der Waals surface area contributed by atoms with E-state index < -0.39 is 15.8 Å². The molecule has 2 aromatic rings. The second-order valence-corrected chi connectivity index (χ2v) is 10.1. The first-order valence-corrected chi connectivity index (χ1v) is 12.4. The number of nitrogens with one attached hydrogen (secondary N) is 2. The van der Waals surface area contributed by atoms with Gasteiger partial charge in [-0.3, -0.25) is 4.72 Å². The van der Waals surface area contributed by atoms with E-state index in [0.29, 0.717) is 30.1 Å². The van der Waals surface area contributed by atoms with Crippen molar-refractivity contribution in [3.05, 3.63) is 35.1 Å². The van der Waals surface area contributed by atoms with Crippen molar-refractivity contribution >= 4 is 33.7 Å². The molecule has 1 aromatic heterocycles. The molecule has 1 atom stereocenters. The Kier molecular flexibility index (Phi) is 8.97. The third-order valence-electron chi connectivity index (χ3n) is 3.98. The number of nitriles is 1. The molecule has 0 unspecified atom stereocenters. The largest absolute Gasteiger partial charge is 0.394 e. The molecule has 0 aliphatic rings. The Hall–Kier alpha value is -2.49. The number of rotatable bonds is 11. The maximum atomic E-state index is 13.8. The van der Waals surface area contributed by atoms with E-state index in [-0.39, 0.29) is 35.3 Å². The molecular formula is C19H25FN6O3S2. The van der Waals surface area contributed by atoms with Crippen molar-refractivity contribution in [2.24, 2.45) is 5.92 Å². The molecule has 0 saturated heterocycles. The van der Waals surface area contributed by atoms with Crippen LogP contribution in [0.4, 0.5) is 16.3 Å². The van der Waals surface area contributed by atoms with Gasteiger partial charge in [-0.05, 0) is 36.5 Å². The van der Waals surface area contributed by atoms with Gasteiger partial charge in [0.1, 0.15) is 11.9 Å². The first-order chi connectivity index (χ1) is 14.6. The van der Waals surface area contributed by atoms with Gasteiger partial charge in [-0.25, -0.2) is 12.8 Å². The van der Waals surface area contributed by atoms with Crippen LogP contribution >= 0.6 is 11.8 Å². The molecule has 0 saturated carbocycles. The smallest absolute Gasteiger partial charge is 0.242 e. The fourth-order valence-electron chi connectivity index (χ4n) is 2.69. The third kappa shape index (κ3) is 8.64. The van der Waals surface area contributed by atoms with Crippen LogP contribution in [0, 0.1) is 23.1 Å². The highest BCUT2D eigenvalue weighted by atomic mass is 32.2. The van der Waals surface area contributed by atoms with Crippen LogP contribution in [0.5, 0.6) is 0 Å². The number of aromatic nitrogens is 3. The molecule has 0 bridgehead atoms. The van der Waals surface area contributed by atoms with Crippen molar-refractivity contribution in [2.45, 2.75) is 37.9 Å². The Morgan fingerprint density at radius 3 is 2.55 bits per heavy atom. The number of aryl methyl sites for hydroxylation is 1. The lowest BCUT2D eigenvalue weighted by atomic mass is 10.0. The van der Waals surface area contributed by atoms with E-state index in [4.69, 9.17) is 5.26 Å². The molecule has 0 radical (unpaired) electrons. The summed E-state index contributed by atoms with van der Waals surface area (Å²) in [6.45, 7) is 3.90. The summed E-state index contributed by atoms with van der Waals surface area (Å²) < 4.78 is 39.2. The monoisotopic (exact) mass is 468 g/mol. The van der Waals surface area contributed by atoms with Gasteiger partial charge in [0.2, 0.25) is 21.9 Å². The molecule has 12 heteroatoms. The van der Waals surface area contributed by atoms with E-state index in [1.54, 1.807) is 12.1 Å². The fourth-order valence-corrected chi connectivity index (χ4v) is 3.94. The lowest BCUT2D eigenvalue weighted by Crippen LogP contribution is -2.27. The van der Waals surface area contributed by atoms with E-state index in [0.717, 1.165) is 6.26 Å². The van der Waals surface area contributed by atoms with E-state index in [9.17, 15) is 17.9 Å². The third-order valence-corrected chi connectivity index (χ3v) is 5.38. The SMILES string of the molecule is CC(C)C[C@H](CO)Nc1nc(NS(C)(=O)=O)nc(SCCc2ccc(C#N)c(F)c2)n1. The zero-order valence-corrected chi connectivity index (χ0v) is 19.1. The summed E-state index contributed by atoms with van der Waals surface area (Å²) in [5.41, 5.74) is 0.698. The number of aliphatic hydroxyl groups excluding tert-OH is 1. The predicted octanol–water partition coefficient (Wildman–Crippen LogP) is 2.41. The molecule has 0 aliphatic carbocycles. The van der Waals surface area contributed by atoms with Gasteiger partial charge >= 0.3 is 0 Å². The fraction of sp³-hybridized carbons (Fsp3) is 0.474. The topological polar surface area (TPSA) is 141 Å². The predicted molar refractivity (Wildman–Crippen MR) is 118 cm³/mol. The number of sulfonamides is 1. The highest BCUT2D eigenvalue weighted by Gasteiger charge is 2.15. The molecule has 2 rings (SSSR count). The molecule has 1 heterocycles. The number of halogens is 1. The molecule has 3 N–H and O–H groups in total. The zero-order valence-electron chi connectivity index (χ0n) is 17.5. The van der Waals surface area contributed by atoms with Gasteiger partial charge in [-0.2, -0.15) is 20.2 Å². The Labute approximate surface area is 185 Å².